The molecule has 1 aliphatic heterocycles. The van der Waals surface area contributed by atoms with Crippen LogP contribution in [-0.4, -0.2) is 23.8 Å². The molecule has 0 radical (unpaired) electrons. The van der Waals surface area contributed by atoms with E-state index in [9.17, 15) is 0 Å². The third kappa shape index (κ3) is 3.29. The zero-order valence-corrected chi connectivity index (χ0v) is 14.0. The molecule has 1 saturated heterocycles. The zero-order chi connectivity index (χ0) is 14.5. The van der Waals surface area contributed by atoms with Crippen LogP contribution in [0.4, 0.5) is 5.69 Å². The minimum absolute atomic E-state index is 0.518. The number of benzene rings is 1. The van der Waals surface area contributed by atoms with Gasteiger partial charge in [0.15, 0.2) is 0 Å². The van der Waals surface area contributed by atoms with E-state index >= 15 is 0 Å². The van der Waals surface area contributed by atoms with Gasteiger partial charge in [-0.1, -0.05) is 38.0 Å². The molecule has 1 aromatic rings. The van der Waals surface area contributed by atoms with Gasteiger partial charge in [0, 0.05) is 28.7 Å². The molecule has 0 bridgehead atoms. The Hall–Kier alpha value is -0.740. The number of nitrogens with two attached hydrogens (primary N) is 1. The molecule has 1 unspecified atom stereocenters. The first-order chi connectivity index (χ1) is 9.69. The molecule has 1 fully saturated rings. The van der Waals surface area contributed by atoms with E-state index < -0.39 is 0 Å². The minimum atomic E-state index is 0.518. The van der Waals surface area contributed by atoms with E-state index in [0.717, 1.165) is 12.1 Å². The SMILES string of the molecule is CCC1CCCCCN1c1cccc(SC)c1C(N)=S. The maximum absolute atomic E-state index is 6.02. The van der Waals surface area contributed by atoms with Crippen LogP contribution < -0.4 is 10.6 Å². The Balaban J connectivity index is 2.46. The van der Waals surface area contributed by atoms with Crippen LogP contribution in [-0.2, 0) is 0 Å². The van der Waals surface area contributed by atoms with Crippen LogP contribution in [0.25, 0.3) is 0 Å². The second-order valence-electron chi connectivity index (χ2n) is 5.32. The number of hydrogen-bond acceptors (Lipinski definition) is 3. The van der Waals surface area contributed by atoms with Gasteiger partial charge in [-0.05, 0) is 37.7 Å². The van der Waals surface area contributed by atoms with Crippen molar-refractivity contribution in [1.29, 1.82) is 0 Å². The highest BCUT2D eigenvalue weighted by atomic mass is 32.2. The van der Waals surface area contributed by atoms with Crippen LogP contribution in [0.15, 0.2) is 23.1 Å². The van der Waals surface area contributed by atoms with Gasteiger partial charge in [-0.25, -0.2) is 0 Å². The summed E-state index contributed by atoms with van der Waals surface area (Å²) < 4.78 is 0. The molecule has 2 rings (SSSR count). The lowest BCUT2D eigenvalue weighted by Crippen LogP contribution is -2.36. The average Bonchev–Trinajstić information content (AvgIpc) is 2.71. The van der Waals surface area contributed by atoms with Gasteiger partial charge in [-0.3, -0.25) is 0 Å². The first-order valence-electron chi connectivity index (χ1n) is 7.42. The van der Waals surface area contributed by atoms with Gasteiger partial charge in [0.25, 0.3) is 0 Å². The molecule has 2 nitrogen and oxygen atoms in total. The topological polar surface area (TPSA) is 29.3 Å². The maximum Gasteiger partial charge on any atom is 0.107 e. The normalized spacial score (nSPS) is 19.7. The van der Waals surface area contributed by atoms with Crippen molar-refractivity contribution in [2.45, 2.75) is 50.0 Å². The van der Waals surface area contributed by atoms with Crippen LogP contribution in [0.5, 0.6) is 0 Å². The number of rotatable bonds is 4. The van der Waals surface area contributed by atoms with Crippen LogP contribution in [0.1, 0.15) is 44.6 Å². The second kappa shape index (κ2) is 7.32. The van der Waals surface area contributed by atoms with E-state index in [-0.39, 0.29) is 0 Å². The van der Waals surface area contributed by atoms with Crippen LogP contribution in [0, 0.1) is 0 Å². The molecule has 1 atom stereocenters. The Morgan fingerprint density at radius 1 is 1.40 bits per heavy atom. The van der Waals surface area contributed by atoms with Gasteiger partial charge in [-0.15, -0.1) is 11.8 Å². The lowest BCUT2D eigenvalue weighted by Gasteiger charge is -2.33. The summed E-state index contributed by atoms with van der Waals surface area (Å²) in [4.78, 5) is 4.25. The molecule has 20 heavy (non-hydrogen) atoms. The summed E-state index contributed by atoms with van der Waals surface area (Å²) in [5.74, 6) is 0. The van der Waals surface area contributed by atoms with E-state index in [4.69, 9.17) is 18.0 Å². The molecule has 0 spiro atoms. The van der Waals surface area contributed by atoms with E-state index in [2.05, 4.69) is 36.3 Å². The quantitative estimate of drug-likeness (QED) is 0.667. The molecule has 110 valence electrons. The third-order valence-electron chi connectivity index (χ3n) is 4.13. The van der Waals surface area contributed by atoms with Gasteiger partial charge in [0.1, 0.15) is 4.99 Å². The van der Waals surface area contributed by atoms with Crippen LogP contribution in [0.3, 0.4) is 0 Å². The standard InChI is InChI=1S/C16H24N2S2/c1-3-12-8-5-4-6-11-18(12)13-9-7-10-14(20-2)15(13)16(17)19/h7,9-10,12H,3-6,8,11H2,1-2H3,(H2,17,19). The largest absolute Gasteiger partial charge is 0.389 e. The van der Waals surface area contributed by atoms with Crippen molar-refractivity contribution >= 4 is 34.7 Å². The van der Waals surface area contributed by atoms with Crippen molar-refractivity contribution < 1.29 is 0 Å². The lowest BCUT2D eigenvalue weighted by atomic mass is 10.0. The Labute approximate surface area is 132 Å². The molecule has 1 aromatic carbocycles. The zero-order valence-electron chi connectivity index (χ0n) is 12.4. The van der Waals surface area contributed by atoms with Gasteiger partial charge in [-0.2, -0.15) is 0 Å². The summed E-state index contributed by atoms with van der Waals surface area (Å²) >= 11 is 7.04. The van der Waals surface area contributed by atoms with E-state index in [1.54, 1.807) is 11.8 Å². The highest BCUT2D eigenvalue weighted by Gasteiger charge is 2.23. The van der Waals surface area contributed by atoms with Gasteiger partial charge in [0.2, 0.25) is 0 Å². The number of hydrogen-bond donors (Lipinski definition) is 1. The van der Waals surface area contributed by atoms with Crippen LogP contribution in [0.2, 0.25) is 0 Å². The number of nitrogens with zero attached hydrogens (tertiary/aromatic N) is 1. The monoisotopic (exact) mass is 308 g/mol. The van der Waals surface area contributed by atoms with Crippen molar-refractivity contribution in [3.8, 4) is 0 Å². The van der Waals surface area contributed by atoms with Crippen molar-refractivity contribution in [2.75, 3.05) is 17.7 Å². The van der Waals surface area contributed by atoms with Crippen LogP contribution >= 0.6 is 24.0 Å². The maximum atomic E-state index is 6.02. The number of anilines is 1. The fraction of sp³-hybridized carbons (Fsp3) is 0.562. The Morgan fingerprint density at radius 3 is 2.85 bits per heavy atom. The predicted octanol–water partition coefficient (Wildman–Crippen LogP) is 4.20. The van der Waals surface area contributed by atoms with Gasteiger partial charge in [0.05, 0.1) is 0 Å². The van der Waals surface area contributed by atoms with Crippen molar-refractivity contribution in [3.63, 3.8) is 0 Å². The second-order valence-corrected chi connectivity index (χ2v) is 6.61. The fourth-order valence-corrected chi connectivity index (χ4v) is 4.01. The van der Waals surface area contributed by atoms with Crippen molar-refractivity contribution in [3.05, 3.63) is 23.8 Å². The van der Waals surface area contributed by atoms with E-state index in [0.29, 0.717) is 11.0 Å². The molecule has 0 aromatic heterocycles. The predicted molar refractivity (Wildman–Crippen MR) is 94.0 cm³/mol. The fourth-order valence-electron chi connectivity index (χ4n) is 3.10. The summed E-state index contributed by atoms with van der Waals surface area (Å²) in [6, 6.07) is 7.03. The minimum Gasteiger partial charge on any atom is -0.389 e. The molecule has 0 saturated carbocycles. The third-order valence-corrected chi connectivity index (χ3v) is 5.11. The summed E-state index contributed by atoms with van der Waals surface area (Å²) in [6.45, 7) is 3.40. The first kappa shape index (κ1) is 15.6. The number of thioether (sulfide) groups is 1. The smallest absolute Gasteiger partial charge is 0.107 e. The average molecular weight is 309 g/mol. The van der Waals surface area contributed by atoms with Crippen molar-refractivity contribution in [2.24, 2.45) is 5.73 Å². The summed E-state index contributed by atoms with van der Waals surface area (Å²) in [5, 5.41) is 0. The molecular formula is C16H24N2S2. The highest BCUT2D eigenvalue weighted by molar-refractivity contribution is 7.98. The van der Waals surface area contributed by atoms with Crippen molar-refractivity contribution in [1.82, 2.24) is 0 Å². The van der Waals surface area contributed by atoms with E-state index in [1.165, 1.54) is 42.7 Å². The highest BCUT2D eigenvalue weighted by Crippen LogP contribution is 2.33. The molecule has 2 N–H and O–H groups in total. The summed E-state index contributed by atoms with van der Waals surface area (Å²) in [7, 11) is 0. The molecule has 0 aliphatic carbocycles. The molecular weight excluding hydrogens is 284 g/mol. The lowest BCUT2D eigenvalue weighted by molar-refractivity contribution is 0.556. The molecule has 0 amide bonds. The van der Waals surface area contributed by atoms with Gasteiger partial charge < -0.3 is 10.6 Å². The summed E-state index contributed by atoms with van der Waals surface area (Å²) in [5.41, 5.74) is 8.31. The number of thiocarbonyl (C=S) groups is 1. The first-order valence-corrected chi connectivity index (χ1v) is 9.05. The molecule has 1 aliphatic rings. The Morgan fingerprint density at radius 2 is 2.20 bits per heavy atom. The molecule has 4 heteroatoms. The molecule has 1 heterocycles. The van der Waals surface area contributed by atoms with E-state index in [1.807, 2.05) is 0 Å². The van der Waals surface area contributed by atoms with Gasteiger partial charge >= 0.3 is 0 Å². The Kier molecular flexibility index (Phi) is 5.73. The summed E-state index contributed by atoms with van der Waals surface area (Å²) in [6.07, 6.45) is 8.46. The Bertz CT molecular complexity index is 474.